The number of aryl methyl sites for hydroxylation is 1. The van der Waals surface area contributed by atoms with E-state index in [2.05, 4.69) is 42.2 Å². The molecule has 2 aromatic carbocycles. The highest BCUT2D eigenvalue weighted by Gasteiger charge is 2.24. The summed E-state index contributed by atoms with van der Waals surface area (Å²) in [7, 11) is 5.11. The first-order chi connectivity index (χ1) is 14.6. The summed E-state index contributed by atoms with van der Waals surface area (Å²) < 4.78 is 16.3. The van der Waals surface area contributed by atoms with Crippen molar-refractivity contribution in [2.75, 3.05) is 41.0 Å². The summed E-state index contributed by atoms with van der Waals surface area (Å²) in [6.07, 6.45) is 1.18. The van der Waals surface area contributed by atoms with Crippen LogP contribution in [-0.4, -0.2) is 50.9 Å². The highest BCUT2D eigenvalue weighted by Crippen LogP contribution is 2.35. The maximum absolute atomic E-state index is 5.54. The standard InChI is InChI=1S/C25H30N2O3/c1-17-5-6-19-12-21(15-27-10-9-18(14-27)16-28-2)25(26-22(19)11-17)20-7-8-23(29-3)24(13-20)30-4/h5-8,11-13,18H,9-10,14-16H2,1-4H3/t18-/m1/s1. The lowest BCUT2D eigenvalue weighted by atomic mass is 10.0. The third-order valence-corrected chi connectivity index (χ3v) is 5.88. The van der Waals surface area contributed by atoms with E-state index in [0.717, 1.165) is 48.8 Å². The Morgan fingerprint density at radius 2 is 1.83 bits per heavy atom. The quantitative estimate of drug-likeness (QED) is 0.569. The minimum Gasteiger partial charge on any atom is -0.493 e. The van der Waals surface area contributed by atoms with Crippen molar-refractivity contribution in [3.05, 3.63) is 53.6 Å². The second-order valence-corrected chi connectivity index (χ2v) is 8.11. The molecule has 0 aliphatic carbocycles. The van der Waals surface area contributed by atoms with E-state index in [0.29, 0.717) is 11.7 Å². The molecule has 5 nitrogen and oxygen atoms in total. The highest BCUT2D eigenvalue weighted by molar-refractivity contribution is 5.84. The van der Waals surface area contributed by atoms with E-state index in [-0.39, 0.29) is 0 Å². The van der Waals surface area contributed by atoms with Gasteiger partial charge in [0, 0.05) is 31.1 Å². The lowest BCUT2D eigenvalue weighted by Crippen LogP contribution is -2.22. The first kappa shape index (κ1) is 20.6. The van der Waals surface area contributed by atoms with Crippen molar-refractivity contribution in [3.8, 4) is 22.8 Å². The number of ether oxygens (including phenoxy) is 3. The minimum atomic E-state index is 0.607. The van der Waals surface area contributed by atoms with Gasteiger partial charge in [-0.25, -0.2) is 4.98 Å². The predicted molar refractivity (Wildman–Crippen MR) is 120 cm³/mol. The molecule has 2 heterocycles. The zero-order chi connectivity index (χ0) is 21.1. The van der Waals surface area contributed by atoms with Crippen LogP contribution in [0.3, 0.4) is 0 Å². The number of benzene rings is 2. The molecule has 0 saturated carbocycles. The fourth-order valence-corrected chi connectivity index (χ4v) is 4.34. The van der Waals surface area contributed by atoms with Gasteiger partial charge in [0.25, 0.3) is 0 Å². The molecule has 30 heavy (non-hydrogen) atoms. The van der Waals surface area contributed by atoms with Crippen LogP contribution in [0.4, 0.5) is 0 Å². The van der Waals surface area contributed by atoms with Gasteiger partial charge in [-0.15, -0.1) is 0 Å². The number of methoxy groups -OCH3 is 3. The van der Waals surface area contributed by atoms with Crippen molar-refractivity contribution in [2.45, 2.75) is 19.9 Å². The summed E-state index contributed by atoms with van der Waals surface area (Å²) in [6.45, 7) is 5.96. The van der Waals surface area contributed by atoms with Gasteiger partial charge < -0.3 is 14.2 Å². The molecule has 1 aromatic heterocycles. The lowest BCUT2D eigenvalue weighted by Gasteiger charge is -2.19. The Labute approximate surface area is 178 Å². The average molecular weight is 407 g/mol. The van der Waals surface area contributed by atoms with Crippen LogP contribution in [0.5, 0.6) is 11.5 Å². The van der Waals surface area contributed by atoms with E-state index < -0.39 is 0 Å². The predicted octanol–water partition coefficient (Wildman–Crippen LogP) is 4.70. The molecular weight excluding hydrogens is 376 g/mol. The van der Waals surface area contributed by atoms with Gasteiger partial charge in [-0.05, 0) is 67.3 Å². The number of pyridine rings is 1. The highest BCUT2D eigenvalue weighted by atomic mass is 16.5. The van der Waals surface area contributed by atoms with Crippen LogP contribution >= 0.6 is 0 Å². The van der Waals surface area contributed by atoms with Gasteiger partial charge in [0.05, 0.1) is 32.0 Å². The lowest BCUT2D eigenvalue weighted by molar-refractivity contribution is 0.152. The first-order valence-corrected chi connectivity index (χ1v) is 10.4. The number of likely N-dealkylation sites (tertiary alicyclic amines) is 1. The van der Waals surface area contributed by atoms with E-state index in [1.807, 2.05) is 12.1 Å². The fourth-order valence-electron chi connectivity index (χ4n) is 4.34. The summed E-state index contributed by atoms with van der Waals surface area (Å²) in [4.78, 5) is 7.59. The van der Waals surface area contributed by atoms with Crippen LogP contribution in [-0.2, 0) is 11.3 Å². The Morgan fingerprint density at radius 1 is 1.00 bits per heavy atom. The number of nitrogens with zero attached hydrogens (tertiary/aromatic N) is 2. The second-order valence-electron chi connectivity index (χ2n) is 8.11. The molecule has 1 aliphatic rings. The maximum Gasteiger partial charge on any atom is 0.161 e. The zero-order valence-corrected chi connectivity index (χ0v) is 18.3. The van der Waals surface area contributed by atoms with Crippen molar-refractivity contribution >= 4 is 10.9 Å². The van der Waals surface area contributed by atoms with Gasteiger partial charge >= 0.3 is 0 Å². The molecule has 1 atom stereocenters. The first-order valence-electron chi connectivity index (χ1n) is 10.4. The molecular formula is C25H30N2O3. The number of hydrogen-bond acceptors (Lipinski definition) is 5. The Bertz CT molecular complexity index is 1030. The van der Waals surface area contributed by atoms with Crippen LogP contribution in [0, 0.1) is 12.8 Å². The van der Waals surface area contributed by atoms with Crippen LogP contribution in [0.15, 0.2) is 42.5 Å². The van der Waals surface area contributed by atoms with Crippen LogP contribution in [0.1, 0.15) is 17.5 Å². The van der Waals surface area contributed by atoms with E-state index in [1.54, 1.807) is 21.3 Å². The third kappa shape index (κ3) is 4.27. The summed E-state index contributed by atoms with van der Waals surface area (Å²) in [5, 5.41) is 1.17. The van der Waals surface area contributed by atoms with Gasteiger partial charge in [-0.1, -0.05) is 12.1 Å². The molecule has 3 aromatic rings. The van der Waals surface area contributed by atoms with Gasteiger partial charge in [0.1, 0.15) is 0 Å². The summed E-state index contributed by atoms with van der Waals surface area (Å²) in [6, 6.07) is 14.8. The molecule has 0 bridgehead atoms. The Balaban J connectivity index is 1.75. The molecule has 1 fully saturated rings. The van der Waals surface area contributed by atoms with E-state index >= 15 is 0 Å². The number of rotatable bonds is 7. The molecule has 1 saturated heterocycles. The Kier molecular flexibility index (Phi) is 6.21. The van der Waals surface area contributed by atoms with Crippen molar-refractivity contribution in [3.63, 3.8) is 0 Å². The molecule has 1 aliphatic heterocycles. The van der Waals surface area contributed by atoms with Gasteiger partial charge in [0.15, 0.2) is 11.5 Å². The molecule has 0 N–H and O–H groups in total. The monoisotopic (exact) mass is 406 g/mol. The average Bonchev–Trinajstić information content (AvgIpc) is 3.20. The van der Waals surface area contributed by atoms with Gasteiger partial charge in [-0.3, -0.25) is 4.90 Å². The normalized spacial score (nSPS) is 16.9. The second kappa shape index (κ2) is 9.02. The van der Waals surface area contributed by atoms with Crippen molar-refractivity contribution in [2.24, 2.45) is 5.92 Å². The fraction of sp³-hybridized carbons (Fsp3) is 0.400. The Morgan fingerprint density at radius 3 is 2.60 bits per heavy atom. The van der Waals surface area contributed by atoms with Crippen LogP contribution in [0.2, 0.25) is 0 Å². The summed E-state index contributed by atoms with van der Waals surface area (Å²) in [5.74, 6) is 2.05. The molecule has 0 unspecified atom stereocenters. The maximum atomic E-state index is 5.54. The molecule has 0 spiro atoms. The molecule has 0 radical (unpaired) electrons. The van der Waals surface area contributed by atoms with E-state index in [9.17, 15) is 0 Å². The number of fused-ring (bicyclic) bond motifs is 1. The van der Waals surface area contributed by atoms with Gasteiger partial charge in [0.2, 0.25) is 0 Å². The summed E-state index contributed by atoms with van der Waals surface area (Å²) >= 11 is 0. The third-order valence-electron chi connectivity index (χ3n) is 5.88. The van der Waals surface area contributed by atoms with Crippen molar-refractivity contribution in [1.82, 2.24) is 9.88 Å². The number of hydrogen-bond donors (Lipinski definition) is 0. The number of aromatic nitrogens is 1. The minimum absolute atomic E-state index is 0.607. The van der Waals surface area contributed by atoms with Crippen molar-refractivity contribution < 1.29 is 14.2 Å². The van der Waals surface area contributed by atoms with E-state index in [4.69, 9.17) is 19.2 Å². The van der Waals surface area contributed by atoms with Crippen LogP contribution in [0.25, 0.3) is 22.2 Å². The molecule has 158 valence electrons. The van der Waals surface area contributed by atoms with Gasteiger partial charge in [-0.2, -0.15) is 0 Å². The van der Waals surface area contributed by atoms with Crippen LogP contribution < -0.4 is 9.47 Å². The van der Waals surface area contributed by atoms with E-state index in [1.165, 1.54) is 22.9 Å². The smallest absolute Gasteiger partial charge is 0.161 e. The Hall–Kier alpha value is -2.63. The zero-order valence-electron chi connectivity index (χ0n) is 18.3. The topological polar surface area (TPSA) is 43.8 Å². The molecule has 0 amide bonds. The molecule has 4 rings (SSSR count). The van der Waals surface area contributed by atoms with Crippen molar-refractivity contribution in [1.29, 1.82) is 0 Å². The molecule has 5 heteroatoms. The SMILES string of the molecule is COC[C@@H]1CCN(Cc2cc3ccc(C)cc3nc2-c2ccc(OC)c(OC)c2)C1. The summed E-state index contributed by atoms with van der Waals surface area (Å²) in [5.41, 5.74) is 5.50. The largest absolute Gasteiger partial charge is 0.493 e.